The second-order valence-electron chi connectivity index (χ2n) is 5.59. The van der Waals surface area contributed by atoms with Crippen LogP contribution in [0.5, 0.6) is 0 Å². The Kier molecular flexibility index (Phi) is 6.66. The molecule has 1 atom stereocenters. The Morgan fingerprint density at radius 2 is 2.11 bits per heavy atom. The maximum Gasteiger partial charge on any atom is 0.315 e. The predicted molar refractivity (Wildman–Crippen MR) is 93.4 cm³/mol. The Hall–Kier alpha value is -3.21. The van der Waals surface area contributed by atoms with Crippen LogP contribution in [0.4, 0.5) is 20.6 Å². The summed E-state index contributed by atoms with van der Waals surface area (Å²) in [5.41, 5.74) is 5.20. The van der Waals surface area contributed by atoms with Crippen LogP contribution in [0, 0.1) is 5.82 Å². The molecule has 0 radical (unpaired) electrons. The van der Waals surface area contributed by atoms with Gasteiger partial charge in [0, 0.05) is 18.8 Å². The van der Waals surface area contributed by atoms with Crippen molar-refractivity contribution in [2.75, 3.05) is 36.5 Å². The van der Waals surface area contributed by atoms with Gasteiger partial charge in [0.15, 0.2) is 6.04 Å². The minimum absolute atomic E-state index is 0.0914. The van der Waals surface area contributed by atoms with E-state index in [0.717, 1.165) is 6.07 Å². The molecule has 5 N–H and O–H groups in total. The molecule has 11 heteroatoms. The molecular weight excluding hydrogens is 361 g/mol. The SMILES string of the molecule is CCNC(=O)N[C@H](C(N)=O)C(=O)Nc1ccc(N2CCOCC2=O)cc1F. The van der Waals surface area contributed by atoms with Crippen LogP contribution in [0.25, 0.3) is 0 Å². The molecule has 1 aromatic rings. The Balaban J connectivity index is 2.11. The lowest BCUT2D eigenvalue weighted by molar-refractivity contribution is -0.128. The monoisotopic (exact) mass is 381 g/mol. The molecule has 0 unspecified atom stereocenters. The van der Waals surface area contributed by atoms with Gasteiger partial charge in [-0.25, -0.2) is 9.18 Å². The molecule has 2 rings (SSSR count). The first kappa shape index (κ1) is 20.1. The molecule has 146 valence electrons. The third-order valence-electron chi connectivity index (χ3n) is 3.67. The third-order valence-corrected chi connectivity index (χ3v) is 3.67. The summed E-state index contributed by atoms with van der Waals surface area (Å²) in [5, 5.41) is 6.64. The molecule has 0 aliphatic carbocycles. The van der Waals surface area contributed by atoms with Crippen LogP contribution in [0.2, 0.25) is 0 Å². The molecule has 5 amide bonds. The van der Waals surface area contributed by atoms with Crippen molar-refractivity contribution in [1.29, 1.82) is 0 Å². The second-order valence-corrected chi connectivity index (χ2v) is 5.59. The summed E-state index contributed by atoms with van der Waals surface area (Å²) in [5.74, 6) is -3.23. The number of hydrogen-bond acceptors (Lipinski definition) is 5. The number of anilines is 2. The Bertz CT molecular complexity index is 757. The van der Waals surface area contributed by atoms with E-state index in [4.69, 9.17) is 10.5 Å². The van der Waals surface area contributed by atoms with E-state index in [1.807, 2.05) is 0 Å². The fourth-order valence-corrected chi connectivity index (χ4v) is 2.38. The summed E-state index contributed by atoms with van der Waals surface area (Å²) in [6.45, 7) is 2.44. The molecule has 1 aliphatic heterocycles. The number of carbonyl (C=O) groups excluding carboxylic acids is 4. The van der Waals surface area contributed by atoms with Gasteiger partial charge in [-0.15, -0.1) is 0 Å². The number of amides is 5. The summed E-state index contributed by atoms with van der Waals surface area (Å²) in [6, 6.07) is 1.32. The van der Waals surface area contributed by atoms with Crippen LogP contribution in [-0.2, 0) is 19.1 Å². The summed E-state index contributed by atoms with van der Waals surface area (Å²) < 4.78 is 19.4. The molecule has 0 saturated carbocycles. The fourth-order valence-electron chi connectivity index (χ4n) is 2.38. The van der Waals surface area contributed by atoms with Crippen molar-refractivity contribution < 1.29 is 28.3 Å². The van der Waals surface area contributed by atoms with E-state index < -0.39 is 29.7 Å². The summed E-state index contributed by atoms with van der Waals surface area (Å²) in [4.78, 5) is 48.3. The van der Waals surface area contributed by atoms with E-state index in [1.54, 1.807) is 6.92 Å². The number of halogens is 1. The number of nitrogens with two attached hydrogens (primary N) is 1. The Morgan fingerprint density at radius 3 is 2.70 bits per heavy atom. The lowest BCUT2D eigenvalue weighted by Gasteiger charge is -2.27. The first-order valence-electron chi connectivity index (χ1n) is 8.15. The van der Waals surface area contributed by atoms with Crippen molar-refractivity contribution in [1.82, 2.24) is 10.6 Å². The largest absolute Gasteiger partial charge is 0.370 e. The van der Waals surface area contributed by atoms with E-state index in [2.05, 4.69) is 16.0 Å². The van der Waals surface area contributed by atoms with E-state index in [-0.39, 0.29) is 31.3 Å². The topological polar surface area (TPSA) is 143 Å². The highest BCUT2D eigenvalue weighted by atomic mass is 19.1. The zero-order valence-corrected chi connectivity index (χ0v) is 14.6. The molecule has 27 heavy (non-hydrogen) atoms. The van der Waals surface area contributed by atoms with Gasteiger partial charge in [0.1, 0.15) is 12.4 Å². The van der Waals surface area contributed by atoms with Crippen molar-refractivity contribution in [3.63, 3.8) is 0 Å². The van der Waals surface area contributed by atoms with Gasteiger partial charge in [0.05, 0.1) is 12.3 Å². The van der Waals surface area contributed by atoms with Crippen molar-refractivity contribution >= 4 is 35.1 Å². The van der Waals surface area contributed by atoms with Crippen molar-refractivity contribution in [2.24, 2.45) is 5.73 Å². The van der Waals surface area contributed by atoms with Crippen LogP contribution < -0.4 is 26.6 Å². The Labute approximate surface area is 154 Å². The molecule has 1 aromatic carbocycles. The van der Waals surface area contributed by atoms with Gasteiger partial charge in [-0.1, -0.05) is 0 Å². The number of benzene rings is 1. The average molecular weight is 381 g/mol. The molecule has 1 saturated heterocycles. The molecule has 1 heterocycles. The fraction of sp³-hybridized carbons (Fsp3) is 0.375. The molecule has 10 nitrogen and oxygen atoms in total. The number of hydrogen-bond donors (Lipinski definition) is 4. The van der Waals surface area contributed by atoms with Gasteiger partial charge in [-0.3, -0.25) is 14.4 Å². The standard InChI is InChI=1S/C16H20FN5O5/c1-2-19-16(26)21-13(14(18)24)15(25)20-11-4-3-9(7-10(11)17)22-5-6-27-8-12(22)23/h3-4,7,13H,2,5-6,8H2,1H3,(H2,18,24)(H,20,25)(H2,19,21,26)/t13-/m1/s1. The van der Waals surface area contributed by atoms with Gasteiger partial charge in [0.25, 0.3) is 11.8 Å². The zero-order valence-electron chi connectivity index (χ0n) is 14.6. The zero-order chi connectivity index (χ0) is 20.0. The number of nitrogens with zero attached hydrogens (tertiary/aromatic N) is 1. The minimum atomic E-state index is -1.68. The number of rotatable bonds is 6. The number of primary amides is 1. The second kappa shape index (κ2) is 8.94. The van der Waals surface area contributed by atoms with E-state index >= 15 is 0 Å². The van der Waals surface area contributed by atoms with Crippen LogP contribution >= 0.6 is 0 Å². The molecule has 0 bridgehead atoms. The lowest BCUT2D eigenvalue weighted by Crippen LogP contribution is -2.54. The van der Waals surface area contributed by atoms with Crippen molar-refractivity contribution in [3.05, 3.63) is 24.0 Å². The predicted octanol–water partition coefficient (Wildman–Crippen LogP) is -0.700. The van der Waals surface area contributed by atoms with Crippen LogP contribution in [0.1, 0.15) is 6.92 Å². The number of carbonyl (C=O) groups is 4. The third kappa shape index (κ3) is 5.14. The Morgan fingerprint density at radius 1 is 1.37 bits per heavy atom. The van der Waals surface area contributed by atoms with Crippen LogP contribution in [0.15, 0.2) is 18.2 Å². The number of urea groups is 1. The normalized spacial score (nSPS) is 15.0. The first-order valence-corrected chi connectivity index (χ1v) is 8.15. The highest BCUT2D eigenvalue weighted by molar-refractivity contribution is 6.11. The summed E-state index contributed by atoms with van der Waals surface area (Å²) in [6.07, 6.45) is 0. The molecule has 1 fully saturated rings. The highest BCUT2D eigenvalue weighted by Gasteiger charge is 2.27. The minimum Gasteiger partial charge on any atom is -0.370 e. The van der Waals surface area contributed by atoms with E-state index in [9.17, 15) is 23.6 Å². The molecule has 0 spiro atoms. The number of morpholine rings is 1. The molecule has 0 aromatic heterocycles. The van der Waals surface area contributed by atoms with Gasteiger partial charge in [-0.2, -0.15) is 0 Å². The van der Waals surface area contributed by atoms with E-state index in [0.29, 0.717) is 12.3 Å². The number of nitrogens with one attached hydrogen (secondary N) is 3. The van der Waals surface area contributed by atoms with Gasteiger partial charge in [0.2, 0.25) is 5.91 Å². The quantitative estimate of drug-likeness (QED) is 0.482. The van der Waals surface area contributed by atoms with Crippen LogP contribution in [-0.4, -0.2) is 56.1 Å². The number of ether oxygens (including phenoxy) is 1. The lowest BCUT2D eigenvalue weighted by atomic mass is 10.2. The maximum atomic E-state index is 14.3. The highest BCUT2D eigenvalue weighted by Crippen LogP contribution is 2.23. The van der Waals surface area contributed by atoms with Crippen molar-refractivity contribution in [3.8, 4) is 0 Å². The van der Waals surface area contributed by atoms with Gasteiger partial charge < -0.3 is 31.3 Å². The van der Waals surface area contributed by atoms with Crippen LogP contribution in [0.3, 0.4) is 0 Å². The van der Waals surface area contributed by atoms with E-state index in [1.165, 1.54) is 17.0 Å². The summed E-state index contributed by atoms with van der Waals surface area (Å²) in [7, 11) is 0. The first-order chi connectivity index (χ1) is 12.8. The van der Waals surface area contributed by atoms with Gasteiger partial charge >= 0.3 is 6.03 Å². The summed E-state index contributed by atoms with van der Waals surface area (Å²) >= 11 is 0. The molecule has 1 aliphatic rings. The smallest absolute Gasteiger partial charge is 0.315 e. The maximum absolute atomic E-state index is 14.3. The molecular formula is C16H20FN5O5. The average Bonchev–Trinajstić information content (AvgIpc) is 2.61. The van der Waals surface area contributed by atoms with Crippen molar-refractivity contribution in [2.45, 2.75) is 13.0 Å². The van der Waals surface area contributed by atoms with Gasteiger partial charge in [-0.05, 0) is 25.1 Å².